The fourth-order valence-corrected chi connectivity index (χ4v) is 7.27. The van der Waals surface area contributed by atoms with Crippen molar-refractivity contribution in [3.8, 4) is 0 Å². The summed E-state index contributed by atoms with van der Waals surface area (Å²) in [5.41, 5.74) is -5.72. The van der Waals surface area contributed by atoms with Crippen LogP contribution in [0.3, 0.4) is 0 Å². The van der Waals surface area contributed by atoms with Gasteiger partial charge in [-0.25, -0.2) is 8.42 Å². The lowest BCUT2D eigenvalue weighted by Gasteiger charge is -2.47. The third-order valence-corrected chi connectivity index (χ3v) is 9.47. The van der Waals surface area contributed by atoms with E-state index in [0.717, 1.165) is 12.1 Å². The number of ether oxygens (including phenoxy) is 1. The van der Waals surface area contributed by atoms with Crippen molar-refractivity contribution >= 4 is 9.84 Å². The summed E-state index contributed by atoms with van der Waals surface area (Å²) in [5.74, 6) is -0.383. The number of benzene rings is 3. The van der Waals surface area contributed by atoms with Gasteiger partial charge in [0.2, 0.25) is 0 Å². The maximum absolute atomic E-state index is 14.2. The number of halogens is 6. The molecule has 0 aromatic heterocycles. The average Bonchev–Trinajstić information content (AvgIpc) is 2.84. The first-order valence-electron chi connectivity index (χ1n) is 11.6. The highest BCUT2D eigenvalue weighted by Gasteiger charge is 2.73. The molecule has 3 aromatic carbocycles. The zero-order valence-electron chi connectivity index (χ0n) is 19.8. The normalized spacial score (nSPS) is 20.7. The van der Waals surface area contributed by atoms with Crippen LogP contribution in [-0.2, 0) is 31.5 Å². The minimum atomic E-state index is -5.88. The van der Waals surface area contributed by atoms with Gasteiger partial charge in [-0.15, -0.1) is 0 Å². The molecule has 3 aromatic rings. The number of rotatable bonds is 8. The SMILES string of the molecule is O=S(=O)(c1ccccc1)C1(c2ccc(C(OCc3ccccc3)(C(F)(F)F)C(F)(F)F)cc2)CC(CO)C1. The lowest BCUT2D eigenvalue weighted by molar-refractivity contribution is -0.392. The first-order valence-corrected chi connectivity index (χ1v) is 13.1. The lowest BCUT2D eigenvalue weighted by atomic mass is 9.70. The van der Waals surface area contributed by atoms with Crippen LogP contribution in [0.2, 0.25) is 0 Å². The van der Waals surface area contributed by atoms with Gasteiger partial charge in [0.05, 0.1) is 11.5 Å². The molecule has 0 spiro atoms. The lowest BCUT2D eigenvalue weighted by Crippen LogP contribution is -2.56. The summed E-state index contributed by atoms with van der Waals surface area (Å²) >= 11 is 0. The molecule has 0 saturated heterocycles. The minimum Gasteiger partial charge on any atom is -0.396 e. The number of aliphatic hydroxyl groups excluding tert-OH is 1. The molecular weight excluding hydrogens is 534 g/mol. The van der Waals surface area contributed by atoms with E-state index < -0.39 is 44.7 Å². The highest BCUT2D eigenvalue weighted by atomic mass is 32.2. The van der Waals surface area contributed by atoms with Crippen molar-refractivity contribution in [2.45, 2.75) is 47.0 Å². The van der Waals surface area contributed by atoms with Gasteiger partial charge in [0, 0.05) is 12.2 Å². The highest BCUT2D eigenvalue weighted by molar-refractivity contribution is 7.92. The van der Waals surface area contributed by atoms with Gasteiger partial charge < -0.3 is 9.84 Å². The number of aliphatic hydroxyl groups is 1. The van der Waals surface area contributed by atoms with Crippen LogP contribution in [0, 0.1) is 5.92 Å². The number of alkyl halides is 6. The molecule has 1 saturated carbocycles. The number of hydrogen-bond acceptors (Lipinski definition) is 4. The van der Waals surface area contributed by atoms with Crippen molar-refractivity contribution in [2.24, 2.45) is 5.92 Å². The molecule has 0 atom stereocenters. The molecule has 204 valence electrons. The zero-order chi connectivity index (χ0) is 27.8. The second-order valence-electron chi connectivity index (χ2n) is 9.30. The van der Waals surface area contributed by atoms with Crippen LogP contribution in [0.5, 0.6) is 0 Å². The predicted molar refractivity (Wildman–Crippen MR) is 127 cm³/mol. The van der Waals surface area contributed by atoms with Gasteiger partial charge in [0.25, 0.3) is 5.60 Å². The molecule has 1 aliphatic carbocycles. The molecule has 0 unspecified atom stereocenters. The van der Waals surface area contributed by atoms with Crippen LogP contribution in [0.4, 0.5) is 26.3 Å². The highest BCUT2D eigenvalue weighted by Crippen LogP contribution is 2.56. The molecule has 1 aliphatic rings. The maximum Gasteiger partial charge on any atom is 0.430 e. The molecule has 1 fully saturated rings. The Morgan fingerprint density at radius 2 is 1.29 bits per heavy atom. The first kappa shape index (κ1) is 28.1. The fraction of sp³-hybridized carbons (Fsp3) is 0.333. The van der Waals surface area contributed by atoms with Gasteiger partial charge in [-0.05, 0) is 42.0 Å². The van der Waals surface area contributed by atoms with Crippen molar-refractivity contribution in [3.05, 3.63) is 102 Å². The summed E-state index contributed by atoms with van der Waals surface area (Å²) in [6, 6.07) is 17.7. The maximum atomic E-state index is 14.2. The molecule has 0 heterocycles. The van der Waals surface area contributed by atoms with Gasteiger partial charge in [-0.3, -0.25) is 0 Å². The van der Waals surface area contributed by atoms with E-state index in [9.17, 15) is 39.9 Å². The molecule has 4 rings (SSSR count). The van der Waals surface area contributed by atoms with E-state index in [0.29, 0.717) is 12.1 Å². The Morgan fingerprint density at radius 3 is 1.76 bits per heavy atom. The smallest absolute Gasteiger partial charge is 0.396 e. The predicted octanol–water partition coefficient (Wildman–Crippen LogP) is 6.29. The topological polar surface area (TPSA) is 63.6 Å². The summed E-state index contributed by atoms with van der Waals surface area (Å²) < 4.78 is 116. The van der Waals surface area contributed by atoms with Crippen LogP contribution < -0.4 is 0 Å². The van der Waals surface area contributed by atoms with Crippen molar-refractivity contribution < 1.29 is 44.6 Å². The molecule has 38 heavy (non-hydrogen) atoms. The molecule has 1 N–H and O–H groups in total. The van der Waals surface area contributed by atoms with E-state index >= 15 is 0 Å². The third-order valence-electron chi connectivity index (χ3n) is 6.98. The molecular formula is C27H24F6O4S. The Balaban J connectivity index is 1.79. The van der Waals surface area contributed by atoms with Crippen LogP contribution in [0.25, 0.3) is 0 Å². The molecule has 4 nitrogen and oxygen atoms in total. The van der Waals surface area contributed by atoms with Gasteiger partial charge in [0.1, 0.15) is 4.75 Å². The Hall–Kier alpha value is -2.89. The molecule has 0 amide bonds. The summed E-state index contributed by atoms with van der Waals surface area (Å²) in [5, 5.41) is 9.52. The van der Waals surface area contributed by atoms with E-state index in [2.05, 4.69) is 4.74 Å². The summed E-state index contributed by atoms with van der Waals surface area (Å²) in [4.78, 5) is -0.0356. The zero-order valence-corrected chi connectivity index (χ0v) is 20.7. The van der Waals surface area contributed by atoms with Crippen LogP contribution in [-0.4, -0.2) is 32.5 Å². The Kier molecular flexibility index (Phi) is 7.41. The number of hydrogen-bond donors (Lipinski definition) is 1. The van der Waals surface area contributed by atoms with E-state index in [1.807, 2.05) is 0 Å². The molecule has 11 heteroatoms. The van der Waals surface area contributed by atoms with Gasteiger partial charge >= 0.3 is 12.4 Å². The third kappa shape index (κ3) is 4.60. The fourth-order valence-electron chi connectivity index (χ4n) is 4.95. The van der Waals surface area contributed by atoms with Crippen molar-refractivity contribution in [1.29, 1.82) is 0 Å². The van der Waals surface area contributed by atoms with Gasteiger partial charge in [-0.1, -0.05) is 72.8 Å². The summed E-state index contributed by atoms with van der Waals surface area (Å²) in [7, 11) is -4.10. The van der Waals surface area contributed by atoms with Gasteiger partial charge in [0.15, 0.2) is 9.84 Å². The van der Waals surface area contributed by atoms with E-state index in [1.165, 1.54) is 48.5 Å². The van der Waals surface area contributed by atoms with Crippen molar-refractivity contribution in [2.75, 3.05) is 6.61 Å². The monoisotopic (exact) mass is 558 g/mol. The number of sulfone groups is 1. The Morgan fingerprint density at radius 1 is 0.789 bits per heavy atom. The van der Waals surface area contributed by atoms with Crippen LogP contribution in [0.1, 0.15) is 29.5 Å². The first-order chi connectivity index (χ1) is 17.8. The standard InChI is InChI=1S/C27H24F6O4S/c28-26(29,30)25(27(31,32)33,37-18-19-7-3-1-4-8-19)22-13-11-21(12-14-22)24(15-20(16-24)17-34)38(35,36)23-9-5-2-6-10-23/h1-14,20,34H,15-18H2. The Labute approximate surface area is 215 Å². The van der Waals surface area contributed by atoms with E-state index in [4.69, 9.17) is 0 Å². The molecule has 0 radical (unpaired) electrons. The minimum absolute atomic E-state index is 0.0335. The van der Waals surface area contributed by atoms with Crippen molar-refractivity contribution in [1.82, 2.24) is 0 Å². The second kappa shape index (κ2) is 10.0. The summed E-state index contributed by atoms with van der Waals surface area (Å²) in [6.45, 7) is -1.27. The van der Waals surface area contributed by atoms with E-state index in [1.54, 1.807) is 12.1 Å². The molecule has 0 bridgehead atoms. The summed E-state index contributed by atoms with van der Waals surface area (Å²) in [6.07, 6.45) is -11.8. The van der Waals surface area contributed by atoms with E-state index in [-0.39, 0.29) is 41.4 Å². The van der Waals surface area contributed by atoms with Crippen molar-refractivity contribution in [3.63, 3.8) is 0 Å². The van der Waals surface area contributed by atoms with Crippen LogP contribution in [0.15, 0.2) is 89.8 Å². The largest absolute Gasteiger partial charge is 0.430 e. The van der Waals surface area contributed by atoms with Gasteiger partial charge in [-0.2, -0.15) is 26.3 Å². The average molecular weight is 559 g/mol. The quantitative estimate of drug-likeness (QED) is 0.330. The Bertz CT molecular complexity index is 1320. The second-order valence-corrected chi connectivity index (χ2v) is 11.6. The van der Waals surface area contributed by atoms with Crippen LogP contribution >= 0.6 is 0 Å². The molecule has 0 aliphatic heterocycles.